The zero-order valence-corrected chi connectivity index (χ0v) is 13.2. The van der Waals surface area contributed by atoms with E-state index >= 15 is 0 Å². The lowest BCUT2D eigenvalue weighted by Gasteiger charge is -2.12. The topological polar surface area (TPSA) is 56.8 Å². The molecule has 1 aliphatic carbocycles. The van der Waals surface area contributed by atoms with Crippen molar-refractivity contribution in [2.75, 3.05) is 38.9 Å². The summed E-state index contributed by atoms with van der Waals surface area (Å²) in [5.74, 6) is 1.02. The van der Waals surface area contributed by atoms with Crippen LogP contribution in [0.5, 0.6) is 5.75 Å². The van der Waals surface area contributed by atoms with E-state index in [1.165, 1.54) is 0 Å². The van der Waals surface area contributed by atoms with Crippen molar-refractivity contribution in [3.8, 4) is 5.75 Å². The zero-order valence-electron chi connectivity index (χ0n) is 13.2. The number of hydrogen-bond acceptors (Lipinski definition) is 4. The number of nitrogens with one attached hydrogen (secondary N) is 1. The summed E-state index contributed by atoms with van der Waals surface area (Å²) in [6.45, 7) is 2.14. The molecule has 1 N–H and O–H groups in total. The van der Waals surface area contributed by atoms with E-state index in [1.54, 1.807) is 7.11 Å². The molecule has 5 nitrogen and oxygen atoms in total. The third-order valence-corrected chi connectivity index (χ3v) is 3.76. The Morgan fingerprint density at radius 1 is 1.18 bits per heavy atom. The molecule has 0 radical (unpaired) electrons. The van der Waals surface area contributed by atoms with Gasteiger partial charge < -0.3 is 19.5 Å². The summed E-state index contributed by atoms with van der Waals surface area (Å²) >= 11 is 0. The molecule has 0 atom stereocenters. The first kappa shape index (κ1) is 16.8. The van der Waals surface area contributed by atoms with E-state index in [-0.39, 0.29) is 11.8 Å². The molecule has 122 valence electrons. The summed E-state index contributed by atoms with van der Waals surface area (Å²) in [6, 6.07) is 7.49. The molecule has 1 aromatic carbocycles. The highest BCUT2D eigenvalue weighted by Gasteiger charge is 2.22. The van der Waals surface area contributed by atoms with Crippen molar-refractivity contribution >= 4 is 11.6 Å². The third-order valence-electron chi connectivity index (χ3n) is 3.76. The second-order valence-electron chi connectivity index (χ2n) is 5.45. The third kappa shape index (κ3) is 5.66. The SMILES string of the molecule is COCCOCCOc1cccc(NC(=O)C2CCCC2)c1. The van der Waals surface area contributed by atoms with Gasteiger partial charge in [0.05, 0.1) is 19.8 Å². The molecule has 1 amide bonds. The maximum atomic E-state index is 12.1. The number of carbonyl (C=O) groups excluding carboxylic acids is 1. The average molecular weight is 307 g/mol. The Hall–Kier alpha value is -1.59. The minimum atomic E-state index is 0.123. The minimum absolute atomic E-state index is 0.123. The monoisotopic (exact) mass is 307 g/mol. The van der Waals surface area contributed by atoms with Crippen molar-refractivity contribution < 1.29 is 19.0 Å². The molecule has 1 fully saturated rings. The van der Waals surface area contributed by atoms with E-state index in [1.807, 2.05) is 24.3 Å². The van der Waals surface area contributed by atoms with Gasteiger partial charge >= 0.3 is 0 Å². The second-order valence-corrected chi connectivity index (χ2v) is 5.45. The quantitative estimate of drug-likeness (QED) is 0.713. The van der Waals surface area contributed by atoms with Gasteiger partial charge in [0.2, 0.25) is 5.91 Å². The van der Waals surface area contributed by atoms with Crippen LogP contribution in [0.1, 0.15) is 25.7 Å². The molecule has 5 heteroatoms. The summed E-state index contributed by atoms with van der Waals surface area (Å²) in [5.41, 5.74) is 0.787. The first-order chi connectivity index (χ1) is 10.8. The fourth-order valence-corrected chi connectivity index (χ4v) is 2.56. The molecule has 1 aliphatic rings. The lowest BCUT2D eigenvalue weighted by molar-refractivity contribution is -0.119. The maximum absolute atomic E-state index is 12.1. The summed E-state index contributed by atoms with van der Waals surface area (Å²) in [5, 5.41) is 2.98. The number of methoxy groups -OCH3 is 1. The standard InChI is InChI=1S/C17H25NO4/c1-20-9-10-21-11-12-22-16-8-4-7-15(13-16)18-17(19)14-5-2-3-6-14/h4,7-8,13-14H,2-3,5-6,9-12H2,1H3,(H,18,19). The highest BCUT2D eigenvalue weighted by molar-refractivity contribution is 5.92. The number of rotatable bonds is 9. The zero-order chi connectivity index (χ0) is 15.6. The lowest BCUT2D eigenvalue weighted by Crippen LogP contribution is -2.20. The molecule has 0 saturated heterocycles. The van der Waals surface area contributed by atoms with Gasteiger partial charge in [-0.1, -0.05) is 18.9 Å². The Morgan fingerprint density at radius 2 is 1.95 bits per heavy atom. The number of anilines is 1. The largest absolute Gasteiger partial charge is 0.491 e. The van der Waals surface area contributed by atoms with Crippen LogP contribution in [0.15, 0.2) is 24.3 Å². The second kappa shape index (κ2) is 9.43. The number of hydrogen-bond donors (Lipinski definition) is 1. The number of carbonyl (C=O) groups is 1. The molecule has 2 rings (SSSR count). The van der Waals surface area contributed by atoms with Crippen molar-refractivity contribution in [3.63, 3.8) is 0 Å². The van der Waals surface area contributed by atoms with E-state index in [2.05, 4.69) is 5.32 Å². The molecular weight excluding hydrogens is 282 g/mol. The van der Waals surface area contributed by atoms with Crippen molar-refractivity contribution in [1.29, 1.82) is 0 Å². The van der Waals surface area contributed by atoms with E-state index in [4.69, 9.17) is 14.2 Å². The first-order valence-electron chi connectivity index (χ1n) is 7.90. The molecule has 1 saturated carbocycles. The van der Waals surface area contributed by atoms with Crippen LogP contribution >= 0.6 is 0 Å². The molecule has 1 aromatic rings. The van der Waals surface area contributed by atoms with Gasteiger partial charge in [0.25, 0.3) is 0 Å². The van der Waals surface area contributed by atoms with E-state index in [0.29, 0.717) is 26.4 Å². The molecule has 0 bridgehead atoms. The predicted octanol–water partition coefficient (Wildman–Crippen LogP) is 2.86. The number of ether oxygens (including phenoxy) is 3. The van der Waals surface area contributed by atoms with Crippen LogP contribution in [0.25, 0.3) is 0 Å². The van der Waals surface area contributed by atoms with Crippen LogP contribution in [0.3, 0.4) is 0 Å². The van der Waals surface area contributed by atoms with Crippen LogP contribution in [0.4, 0.5) is 5.69 Å². The van der Waals surface area contributed by atoms with Crippen molar-refractivity contribution in [2.24, 2.45) is 5.92 Å². The van der Waals surface area contributed by atoms with Gasteiger partial charge in [-0.15, -0.1) is 0 Å². The highest BCUT2D eigenvalue weighted by atomic mass is 16.5. The van der Waals surface area contributed by atoms with Crippen molar-refractivity contribution in [2.45, 2.75) is 25.7 Å². The number of amides is 1. The Labute approximate surface area is 131 Å². The fraction of sp³-hybridized carbons (Fsp3) is 0.588. The molecule has 0 aromatic heterocycles. The van der Waals surface area contributed by atoms with Gasteiger partial charge in [-0.25, -0.2) is 0 Å². The fourth-order valence-electron chi connectivity index (χ4n) is 2.56. The normalized spacial score (nSPS) is 15.0. The van der Waals surface area contributed by atoms with Crippen molar-refractivity contribution in [3.05, 3.63) is 24.3 Å². The van der Waals surface area contributed by atoms with E-state index < -0.39 is 0 Å². The van der Waals surface area contributed by atoms with E-state index in [9.17, 15) is 4.79 Å². The van der Waals surface area contributed by atoms with E-state index in [0.717, 1.165) is 37.1 Å². The van der Waals surface area contributed by atoms with Gasteiger partial charge in [-0.2, -0.15) is 0 Å². The lowest BCUT2D eigenvalue weighted by atomic mass is 10.1. The van der Waals surface area contributed by atoms with Crippen LogP contribution in [0.2, 0.25) is 0 Å². The van der Waals surface area contributed by atoms with Crippen LogP contribution < -0.4 is 10.1 Å². The maximum Gasteiger partial charge on any atom is 0.227 e. The Morgan fingerprint density at radius 3 is 2.73 bits per heavy atom. The Balaban J connectivity index is 1.73. The van der Waals surface area contributed by atoms with Crippen LogP contribution in [0, 0.1) is 5.92 Å². The van der Waals surface area contributed by atoms with Gasteiger partial charge in [-0.05, 0) is 25.0 Å². The van der Waals surface area contributed by atoms with Gasteiger partial charge in [0.1, 0.15) is 12.4 Å². The van der Waals surface area contributed by atoms with Crippen LogP contribution in [-0.4, -0.2) is 39.4 Å². The number of benzene rings is 1. The van der Waals surface area contributed by atoms with Gasteiger partial charge in [-0.3, -0.25) is 4.79 Å². The Kier molecular flexibility index (Phi) is 7.19. The summed E-state index contributed by atoms with van der Waals surface area (Å²) in [4.78, 5) is 12.1. The molecule has 0 heterocycles. The van der Waals surface area contributed by atoms with Gasteiger partial charge in [0, 0.05) is 24.8 Å². The van der Waals surface area contributed by atoms with Crippen molar-refractivity contribution in [1.82, 2.24) is 0 Å². The molecule has 22 heavy (non-hydrogen) atoms. The Bertz CT molecular complexity index is 458. The minimum Gasteiger partial charge on any atom is -0.491 e. The first-order valence-corrected chi connectivity index (χ1v) is 7.90. The summed E-state index contributed by atoms with van der Waals surface area (Å²) in [7, 11) is 1.64. The molecule has 0 unspecified atom stereocenters. The molecular formula is C17H25NO4. The van der Waals surface area contributed by atoms with Crippen LogP contribution in [-0.2, 0) is 14.3 Å². The molecule has 0 aliphatic heterocycles. The predicted molar refractivity (Wildman–Crippen MR) is 85.2 cm³/mol. The van der Waals surface area contributed by atoms with Gasteiger partial charge in [0.15, 0.2) is 0 Å². The highest BCUT2D eigenvalue weighted by Crippen LogP contribution is 2.26. The summed E-state index contributed by atoms with van der Waals surface area (Å²) < 4.78 is 15.9. The summed E-state index contributed by atoms with van der Waals surface area (Å²) in [6.07, 6.45) is 4.32. The average Bonchev–Trinajstić information content (AvgIpc) is 3.06. The molecule has 0 spiro atoms. The smallest absolute Gasteiger partial charge is 0.227 e.